The summed E-state index contributed by atoms with van der Waals surface area (Å²) < 4.78 is 7.20. The number of carbonyl (C=O) groups is 1. The molecule has 0 aromatic carbocycles. The van der Waals surface area contributed by atoms with Crippen molar-refractivity contribution < 1.29 is 19.2 Å². The van der Waals surface area contributed by atoms with Crippen molar-refractivity contribution in [2.45, 2.75) is 117 Å². The van der Waals surface area contributed by atoms with Gasteiger partial charge in [0, 0.05) is 13.3 Å². The van der Waals surface area contributed by atoms with Crippen molar-refractivity contribution in [3.05, 3.63) is 17.7 Å². The van der Waals surface area contributed by atoms with E-state index < -0.39 is 0 Å². The molecule has 0 aliphatic carbocycles. The molecule has 1 rings (SSSR count). The highest BCUT2D eigenvalue weighted by atomic mass is 16.5. The lowest BCUT2D eigenvalue weighted by Gasteiger charge is -2.05. The third-order valence-corrected chi connectivity index (χ3v) is 5.68. The molecule has 0 amide bonds. The zero-order chi connectivity index (χ0) is 21.2. The number of aromatic amines is 1. The standard InChI is InChI=1S/C24H44N2O3/c1-3-4-5-6-7-8-9-10-11-12-13-14-15-16-19-29-24(28)20-26-21-25-23(17-18-27)22(26)2/h21,27H,3-20H2,1-2H3/p+1. The van der Waals surface area contributed by atoms with Crippen LogP contribution in [0.1, 0.15) is 108 Å². The van der Waals surface area contributed by atoms with Crippen LogP contribution in [0.4, 0.5) is 0 Å². The van der Waals surface area contributed by atoms with Gasteiger partial charge in [-0.2, -0.15) is 0 Å². The first-order valence-electron chi connectivity index (χ1n) is 12.0. The quantitative estimate of drug-likeness (QED) is 0.188. The van der Waals surface area contributed by atoms with Crippen molar-refractivity contribution in [2.75, 3.05) is 13.2 Å². The number of ether oxygens (including phenoxy) is 1. The number of unbranched alkanes of at least 4 members (excludes halogenated alkanes) is 13. The van der Waals surface area contributed by atoms with Gasteiger partial charge in [0.1, 0.15) is 11.4 Å². The van der Waals surface area contributed by atoms with E-state index in [4.69, 9.17) is 9.84 Å². The predicted molar refractivity (Wildman–Crippen MR) is 118 cm³/mol. The molecule has 5 heteroatoms. The molecule has 1 heterocycles. The summed E-state index contributed by atoms with van der Waals surface area (Å²) in [6, 6.07) is 0. The fraction of sp³-hybridized carbons (Fsp3) is 0.833. The summed E-state index contributed by atoms with van der Waals surface area (Å²) in [4.78, 5) is 15.1. The van der Waals surface area contributed by atoms with E-state index in [1.807, 2.05) is 11.5 Å². The van der Waals surface area contributed by atoms with Crippen molar-refractivity contribution in [3.8, 4) is 0 Å². The Morgan fingerprint density at radius 3 is 1.97 bits per heavy atom. The summed E-state index contributed by atoms with van der Waals surface area (Å²) in [5.41, 5.74) is 1.94. The van der Waals surface area contributed by atoms with Crippen LogP contribution in [0.5, 0.6) is 0 Å². The molecular weight excluding hydrogens is 364 g/mol. The molecule has 0 radical (unpaired) electrons. The Kier molecular flexibility index (Phi) is 15.5. The van der Waals surface area contributed by atoms with Gasteiger partial charge in [-0.3, -0.25) is 0 Å². The molecule has 0 saturated carbocycles. The first-order valence-corrected chi connectivity index (χ1v) is 12.0. The van der Waals surface area contributed by atoms with Crippen LogP contribution in [-0.2, 0) is 22.5 Å². The molecule has 0 aliphatic heterocycles. The van der Waals surface area contributed by atoms with E-state index in [9.17, 15) is 4.79 Å². The molecule has 2 N–H and O–H groups in total. The fourth-order valence-electron chi connectivity index (χ4n) is 3.73. The monoisotopic (exact) mass is 409 g/mol. The van der Waals surface area contributed by atoms with Gasteiger partial charge in [0.2, 0.25) is 6.33 Å². The second kappa shape index (κ2) is 17.5. The highest BCUT2D eigenvalue weighted by molar-refractivity contribution is 5.67. The summed E-state index contributed by atoms with van der Waals surface area (Å²) >= 11 is 0. The highest BCUT2D eigenvalue weighted by Gasteiger charge is 2.16. The Hall–Kier alpha value is -1.36. The van der Waals surface area contributed by atoms with E-state index in [1.165, 1.54) is 77.0 Å². The van der Waals surface area contributed by atoms with Gasteiger partial charge < -0.3 is 9.84 Å². The zero-order valence-electron chi connectivity index (χ0n) is 19.0. The van der Waals surface area contributed by atoms with E-state index in [0.29, 0.717) is 13.0 Å². The Morgan fingerprint density at radius 1 is 0.931 bits per heavy atom. The minimum absolute atomic E-state index is 0.102. The third-order valence-electron chi connectivity index (χ3n) is 5.68. The van der Waals surface area contributed by atoms with Gasteiger partial charge in [-0.15, -0.1) is 0 Å². The number of rotatable bonds is 19. The van der Waals surface area contributed by atoms with Crippen molar-refractivity contribution in [1.29, 1.82) is 0 Å². The number of carbonyl (C=O) groups excluding carboxylic acids is 1. The molecule has 0 saturated heterocycles. The lowest BCUT2D eigenvalue weighted by atomic mass is 10.0. The molecule has 0 bridgehead atoms. The van der Waals surface area contributed by atoms with Crippen molar-refractivity contribution >= 4 is 5.97 Å². The minimum atomic E-state index is -0.192. The molecule has 5 nitrogen and oxygen atoms in total. The Balaban J connectivity index is 1.89. The maximum Gasteiger partial charge on any atom is 0.348 e. The SMILES string of the molecule is CCCCCCCCCCCCCCCCOC(=O)C[n+]1c[nH]c(CCO)c1C. The van der Waals surface area contributed by atoms with Crippen LogP contribution in [-0.4, -0.2) is 29.3 Å². The van der Waals surface area contributed by atoms with E-state index in [0.717, 1.165) is 24.2 Å². The summed E-state index contributed by atoms with van der Waals surface area (Å²) in [7, 11) is 0. The average molecular weight is 410 g/mol. The number of hydrogen-bond donors (Lipinski definition) is 2. The van der Waals surface area contributed by atoms with Crippen LogP contribution in [0.25, 0.3) is 0 Å². The summed E-state index contributed by atoms with van der Waals surface area (Å²) in [6.07, 6.45) is 20.9. The molecule has 29 heavy (non-hydrogen) atoms. The van der Waals surface area contributed by atoms with E-state index in [-0.39, 0.29) is 19.1 Å². The number of H-pyrrole nitrogens is 1. The smallest absolute Gasteiger partial charge is 0.348 e. The molecule has 1 aromatic rings. The number of aliphatic hydroxyl groups excluding tert-OH is 1. The Morgan fingerprint density at radius 2 is 1.45 bits per heavy atom. The fourth-order valence-corrected chi connectivity index (χ4v) is 3.73. The maximum atomic E-state index is 12.0. The van der Waals surface area contributed by atoms with E-state index >= 15 is 0 Å². The van der Waals surface area contributed by atoms with Crippen LogP contribution in [0.2, 0.25) is 0 Å². The normalized spacial score (nSPS) is 11.1. The molecule has 0 atom stereocenters. The Bertz CT molecular complexity index is 528. The number of imidazole rings is 1. The van der Waals surface area contributed by atoms with E-state index in [1.54, 1.807) is 6.33 Å². The average Bonchev–Trinajstić information content (AvgIpc) is 3.05. The molecule has 0 fully saturated rings. The van der Waals surface area contributed by atoms with Crippen LogP contribution in [0, 0.1) is 6.92 Å². The molecule has 168 valence electrons. The molecule has 0 aliphatic rings. The van der Waals surface area contributed by atoms with Gasteiger partial charge in [-0.25, -0.2) is 14.3 Å². The van der Waals surface area contributed by atoms with Gasteiger partial charge >= 0.3 is 5.97 Å². The van der Waals surface area contributed by atoms with Crippen LogP contribution in [0.3, 0.4) is 0 Å². The number of esters is 1. The Labute approximate surface area is 178 Å². The first-order chi connectivity index (χ1) is 14.2. The molecule has 0 spiro atoms. The number of nitrogens with zero attached hydrogens (tertiary/aromatic N) is 1. The molecule has 0 unspecified atom stereocenters. The largest absolute Gasteiger partial charge is 0.463 e. The van der Waals surface area contributed by atoms with Gasteiger partial charge in [0.15, 0.2) is 6.54 Å². The van der Waals surface area contributed by atoms with Crippen LogP contribution in [0.15, 0.2) is 6.33 Å². The minimum Gasteiger partial charge on any atom is -0.463 e. The number of hydrogen-bond acceptors (Lipinski definition) is 3. The summed E-state index contributed by atoms with van der Waals surface area (Å²) in [5.74, 6) is -0.192. The predicted octanol–water partition coefficient (Wildman–Crippen LogP) is 5.17. The van der Waals surface area contributed by atoms with Gasteiger partial charge in [-0.1, -0.05) is 90.4 Å². The topological polar surface area (TPSA) is 66.2 Å². The maximum absolute atomic E-state index is 12.0. The van der Waals surface area contributed by atoms with Crippen LogP contribution >= 0.6 is 0 Å². The lowest BCUT2D eigenvalue weighted by Crippen LogP contribution is -2.39. The van der Waals surface area contributed by atoms with Crippen molar-refractivity contribution in [3.63, 3.8) is 0 Å². The lowest BCUT2D eigenvalue weighted by molar-refractivity contribution is -0.690. The summed E-state index contributed by atoms with van der Waals surface area (Å²) in [5, 5.41) is 9.02. The zero-order valence-corrected chi connectivity index (χ0v) is 19.0. The number of aromatic nitrogens is 2. The first kappa shape index (κ1) is 25.7. The van der Waals surface area contributed by atoms with E-state index in [2.05, 4.69) is 11.9 Å². The van der Waals surface area contributed by atoms with Gasteiger partial charge in [0.05, 0.1) is 13.2 Å². The summed E-state index contributed by atoms with van der Waals surface area (Å²) in [6.45, 7) is 5.07. The molecule has 1 aromatic heterocycles. The van der Waals surface area contributed by atoms with Crippen LogP contribution < -0.4 is 4.57 Å². The number of nitrogens with one attached hydrogen (secondary N) is 1. The second-order valence-corrected chi connectivity index (χ2v) is 8.26. The highest BCUT2D eigenvalue weighted by Crippen LogP contribution is 2.13. The van der Waals surface area contributed by atoms with Crippen molar-refractivity contribution in [1.82, 2.24) is 4.98 Å². The second-order valence-electron chi connectivity index (χ2n) is 8.26. The van der Waals surface area contributed by atoms with Gasteiger partial charge in [-0.05, 0) is 6.42 Å². The van der Waals surface area contributed by atoms with Crippen molar-refractivity contribution in [2.24, 2.45) is 0 Å². The molecular formula is C24H45N2O3+. The third kappa shape index (κ3) is 12.7. The number of aliphatic hydroxyl groups is 1. The van der Waals surface area contributed by atoms with Gasteiger partial charge in [0.25, 0.3) is 0 Å².